The second-order valence-corrected chi connectivity index (χ2v) is 5.85. The SMILES string of the molecule is CC(C)Cc1cc(=O)n(Cc2ccc(Br)cc2)[nH]1. The first-order valence-corrected chi connectivity index (χ1v) is 6.87. The maximum absolute atomic E-state index is 11.8. The van der Waals surface area contributed by atoms with Crippen LogP contribution in [0.5, 0.6) is 0 Å². The van der Waals surface area contributed by atoms with E-state index in [1.165, 1.54) is 0 Å². The molecule has 0 aliphatic heterocycles. The molecular formula is C14H17BrN2O. The number of halogens is 1. The maximum Gasteiger partial charge on any atom is 0.267 e. The predicted octanol–water partition coefficient (Wildman–Crippen LogP) is 3.19. The molecule has 0 bridgehead atoms. The van der Waals surface area contributed by atoms with E-state index in [0.29, 0.717) is 12.5 Å². The molecule has 1 aromatic carbocycles. The summed E-state index contributed by atoms with van der Waals surface area (Å²) in [5, 5.41) is 3.17. The molecule has 2 rings (SSSR count). The third-order valence-corrected chi connectivity index (χ3v) is 3.25. The van der Waals surface area contributed by atoms with Crippen LogP contribution in [0.4, 0.5) is 0 Å². The van der Waals surface area contributed by atoms with Gasteiger partial charge < -0.3 is 0 Å². The number of rotatable bonds is 4. The van der Waals surface area contributed by atoms with Crippen LogP contribution >= 0.6 is 15.9 Å². The summed E-state index contributed by atoms with van der Waals surface area (Å²) in [7, 11) is 0. The van der Waals surface area contributed by atoms with E-state index in [1.54, 1.807) is 10.7 Å². The first-order valence-electron chi connectivity index (χ1n) is 6.08. The number of H-pyrrole nitrogens is 1. The second-order valence-electron chi connectivity index (χ2n) is 4.93. The van der Waals surface area contributed by atoms with Gasteiger partial charge in [-0.05, 0) is 30.0 Å². The maximum atomic E-state index is 11.8. The number of nitrogens with one attached hydrogen (secondary N) is 1. The molecule has 0 spiro atoms. The summed E-state index contributed by atoms with van der Waals surface area (Å²) in [5.41, 5.74) is 2.15. The molecule has 1 heterocycles. The predicted molar refractivity (Wildman–Crippen MR) is 76.8 cm³/mol. The molecule has 4 heteroatoms. The van der Waals surface area contributed by atoms with Crippen molar-refractivity contribution in [3.8, 4) is 0 Å². The Hall–Kier alpha value is -1.29. The fraction of sp³-hybridized carbons (Fsp3) is 0.357. The minimum absolute atomic E-state index is 0.0357. The van der Waals surface area contributed by atoms with E-state index in [9.17, 15) is 4.79 Å². The quantitative estimate of drug-likeness (QED) is 0.925. The van der Waals surface area contributed by atoms with Crippen molar-refractivity contribution in [2.75, 3.05) is 0 Å². The molecule has 0 atom stereocenters. The standard InChI is InChI=1S/C14H17BrN2O/c1-10(2)7-13-8-14(18)17(16-13)9-11-3-5-12(15)6-4-11/h3-6,8,10,16H,7,9H2,1-2H3. The Morgan fingerprint density at radius 3 is 2.56 bits per heavy atom. The van der Waals surface area contributed by atoms with Crippen LogP contribution in [-0.4, -0.2) is 9.78 Å². The zero-order chi connectivity index (χ0) is 13.1. The summed E-state index contributed by atoms with van der Waals surface area (Å²) in [6.07, 6.45) is 0.905. The normalized spacial score (nSPS) is 11.1. The average Bonchev–Trinajstić information content (AvgIpc) is 2.61. The van der Waals surface area contributed by atoms with Crippen LogP contribution in [-0.2, 0) is 13.0 Å². The van der Waals surface area contributed by atoms with Crippen molar-refractivity contribution in [2.24, 2.45) is 5.92 Å². The number of nitrogens with zero attached hydrogens (tertiary/aromatic N) is 1. The molecule has 0 amide bonds. The zero-order valence-corrected chi connectivity index (χ0v) is 12.2. The Kier molecular flexibility index (Phi) is 4.07. The summed E-state index contributed by atoms with van der Waals surface area (Å²) in [4.78, 5) is 11.8. The Morgan fingerprint density at radius 2 is 1.94 bits per heavy atom. The van der Waals surface area contributed by atoms with E-state index in [0.717, 1.165) is 22.2 Å². The van der Waals surface area contributed by atoms with Crippen LogP contribution in [0.3, 0.4) is 0 Å². The molecule has 0 aliphatic carbocycles. The first-order chi connectivity index (χ1) is 8.54. The van der Waals surface area contributed by atoms with E-state index in [4.69, 9.17) is 0 Å². The number of aromatic amines is 1. The summed E-state index contributed by atoms with van der Waals surface area (Å²) in [6, 6.07) is 9.69. The van der Waals surface area contributed by atoms with E-state index in [1.807, 2.05) is 24.3 Å². The van der Waals surface area contributed by atoms with Crippen LogP contribution in [0.25, 0.3) is 0 Å². The summed E-state index contributed by atoms with van der Waals surface area (Å²) in [5.74, 6) is 0.546. The third kappa shape index (κ3) is 3.35. The van der Waals surface area contributed by atoms with Crippen molar-refractivity contribution in [2.45, 2.75) is 26.8 Å². The van der Waals surface area contributed by atoms with Crippen molar-refractivity contribution in [3.63, 3.8) is 0 Å². The van der Waals surface area contributed by atoms with Gasteiger partial charge in [0.15, 0.2) is 0 Å². The van der Waals surface area contributed by atoms with Crippen LogP contribution < -0.4 is 5.56 Å². The Bertz CT molecular complexity index is 566. The molecule has 0 fully saturated rings. The highest BCUT2D eigenvalue weighted by Crippen LogP contribution is 2.11. The van der Waals surface area contributed by atoms with Crippen molar-refractivity contribution < 1.29 is 0 Å². The molecule has 0 aliphatic rings. The van der Waals surface area contributed by atoms with E-state index < -0.39 is 0 Å². The minimum Gasteiger partial charge on any atom is -0.299 e. The third-order valence-electron chi connectivity index (χ3n) is 2.72. The van der Waals surface area contributed by atoms with Crippen molar-refractivity contribution >= 4 is 15.9 Å². The molecule has 96 valence electrons. The molecule has 18 heavy (non-hydrogen) atoms. The monoisotopic (exact) mass is 308 g/mol. The van der Waals surface area contributed by atoms with Gasteiger partial charge in [-0.3, -0.25) is 9.89 Å². The molecule has 1 N–H and O–H groups in total. The lowest BCUT2D eigenvalue weighted by Gasteiger charge is -2.04. The van der Waals surface area contributed by atoms with Crippen molar-refractivity contribution in [1.29, 1.82) is 0 Å². The lowest BCUT2D eigenvalue weighted by Crippen LogP contribution is -2.16. The van der Waals surface area contributed by atoms with E-state index in [-0.39, 0.29) is 5.56 Å². The van der Waals surface area contributed by atoms with E-state index in [2.05, 4.69) is 34.9 Å². The Labute approximate surface area is 115 Å². The van der Waals surface area contributed by atoms with Gasteiger partial charge in [0.25, 0.3) is 5.56 Å². The number of hydrogen-bond acceptors (Lipinski definition) is 1. The van der Waals surface area contributed by atoms with Gasteiger partial charge in [-0.2, -0.15) is 0 Å². The molecular weight excluding hydrogens is 292 g/mol. The van der Waals surface area contributed by atoms with Crippen LogP contribution in [0.15, 0.2) is 39.6 Å². The summed E-state index contributed by atoms with van der Waals surface area (Å²) >= 11 is 3.40. The number of aromatic nitrogens is 2. The van der Waals surface area contributed by atoms with Crippen molar-refractivity contribution in [3.05, 3.63) is 56.4 Å². The second kappa shape index (κ2) is 5.57. The first kappa shape index (κ1) is 13.1. The molecule has 0 unspecified atom stereocenters. The fourth-order valence-electron chi connectivity index (χ4n) is 1.92. The molecule has 0 saturated carbocycles. The van der Waals surface area contributed by atoms with Gasteiger partial charge >= 0.3 is 0 Å². The highest BCUT2D eigenvalue weighted by Gasteiger charge is 2.05. The zero-order valence-electron chi connectivity index (χ0n) is 10.6. The molecule has 3 nitrogen and oxygen atoms in total. The van der Waals surface area contributed by atoms with Gasteiger partial charge in [-0.1, -0.05) is 41.9 Å². The Morgan fingerprint density at radius 1 is 1.28 bits per heavy atom. The smallest absolute Gasteiger partial charge is 0.267 e. The lowest BCUT2D eigenvalue weighted by atomic mass is 10.1. The van der Waals surface area contributed by atoms with Crippen LogP contribution in [0, 0.1) is 5.92 Å². The van der Waals surface area contributed by atoms with Crippen molar-refractivity contribution in [1.82, 2.24) is 9.78 Å². The highest BCUT2D eigenvalue weighted by molar-refractivity contribution is 9.10. The average molecular weight is 309 g/mol. The Balaban J connectivity index is 2.16. The van der Waals surface area contributed by atoms with Gasteiger partial charge in [0.2, 0.25) is 0 Å². The largest absolute Gasteiger partial charge is 0.299 e. The molecule has 2 aromatic rings. The lowest BCUT2D eigenvalue weighted by molar-refractivity contribution is 0.602. The summed E-state index contributed by atoms with van der Waals surface area (Å²) < 4.78 is 2.70. The van der Waals surface area contributed by atoms with Gasteiger partial charge in [-0.25, -0.2) is 4.68 Å². The highest BCUT2D eigenvalue weighted by atomic mass is 79.9. The number of benzene rings is 1. The summed E-state index contributed by atoms with van der Waals surface area (Å²) in [6.45, 7) is 4.87. The fourth-order valence-corrected chi connectivity index (χ4v) is 2.19. The molecule has 0 saturated heterocycles. The topological polar surface area (TPSA) is 37.8 Å². The van der Waals surface area contributed by atoms with Gasteiger partial charge in [-0.15, -0.1) is 0 Å². The van der Waals surface area contributed by atoms with Crippen LogP contribution in [0.2, 0.25) is 0 Å². The number of hydrogen-bond donors (Lipinski definition) is 1. The van der Waals surface area contributed by atoms with E-state index >= 15 is 0 Å². The van der Waals surface area contributed by atoms with Crippen LogP contribution in [0.1, 0.15) is 25.1 Å². The molecule has 1 aromatic heterocycles. The molecule has 0 radical (unpaired) electrons. The minimum atomic E-state index is 0.0357. The van der Waals surface area contributed by atoms with Gasteiger partial charge in [0.1, 0.15) is 0 Å². The van der Waals surface area contributed by atoms with Gasteiger partial charge in [0, 0.05) is 16.2 Å². The van der Waals surface area contributed by atoms with Gasteiger partial charge in [0.05, 0.1) is 6.54 Å².